The molecule has 0 saturated carbocycles. The van der Waals surface area contributed by atoms with Crippen molar-refractivity contribution in [2.24, 2.45) is 0 Å². The molecule has 0 radical (unpaired) electrons. The smallest absolute Gasteiger partial charge is 0.295 e. The number of H-pyrrole nitrogens is 1. The monoisotopic (exact) mass is 232 g/mol. The molecule has 0 saturated heterocycles. The van der Waals surface area contributed by atoms with Gasteiger partial charge in [-0.1, -0.05) is 0 Å². The summed E-state index contributed by atoms with van der Waals surface area (Å²) in [6.07, 6.45) is 0. The van der Waals surface area contributed by atoms with Crippen LogP contribution in [0.3, 0.4) is 0 Å². The number of aromatic amines is 1. The number of rotatable bonds is 1. The molecule has 84 valence electrons. The second kappa shape index (κ2) is 3.07. The van der Waals surface area contributed by atoms with Gasteiger partial charge >= 0.3 is 0 Å². The first kappa shape index (κ1) is 9.39. The lowest BCUT2D eigenvalue weighted by Gasteiger charge is -1.98. The van der Waals surface area contributed by atoms with Gasteiger partial charge in [0.05, 0.1) is 16.0 Å². The van der Waals surface area contributed by atoms with Crippen molar-refractivity contribution in [1.29, 1.82) is 0 Å². The third-order valence-electron chi connectivity index (χ3n) is 2.34. The SMILES string of the molecule is O=c1[nH]c2ccc([N+](=O)[O-])cc2n2nnnc12. The maximum atomic E-state index is 11.5. The first-order chi connectivity index (χ1) is 8.16. The summed E-state index contributed by atoms with van der Waals surface area (Å²) in [5, 5.41) is 21.2. The van der Waals surface area contributed by atoms with Gasteiger partial charge in [0.2, 0.25) is 5.65 Å². The lowest BCUT2D eigenvalue weighted by molar-refractivity contribution is -0.384. The zero-order chi connectivity index (χ0) is 12.0. The Bertz CT molecular complexity index is 804. The van der Waals surface area contributed by atoms with Gasteiger partial charge in [0, 0.05) is 12.1 Å². The summed E-state index contributed by atoms with van der Waals surface area (Å²) in [6.45, 7) is 0. The molecule has 0 aliphatic carbocycles. The maximum Gasteiger partial charge on any atom is 0.295 e. The van der Waals surface area contributed by atoms with Crippen LogP contribution in [0.4, 0.5) is 5.69 Å². The lowest BCUT2D eigenvalue weighted by Crippen LogP contribution is -2.11. The summed E-state index contributed by atoms with van der Waals surface area (Å²) in [5.74, 6) is 0. The van der Waals surface area contributed by atoms with Crippen molar-refractivity contribution < 1.29 is 4.92 Å². The van der Waals surface area contributed by atoms with Crippen LogP contribution >= 0.6 is 0 Å². The van der Waals surface area contributed by atoms with E-state index in [9.17, 15) is 14.9 Å². The zero-order valence-corrected chi connectivity index (χ0v) is 8.19. The number of hydrogen-bond acceptors (Lipinski definition) is 6. The second-order valence-electron chi connectivity index (χ2n) is 3.33. The van der Waals surface area contributed by atoms with Crippen molar-refractivity contribution in [3.05, 3.63) is 38.7 Å². The first-order valence-electron chi connectivity index (χ1n) is 4.55. The number of aromatic nitrogens is 5. The van der Waals surface area contributed by atoms with E-state index in [0.717, 1.165) is 0 Å². The van der Waals surface area contributed by atoms with Crippen LogP contribution in [0.5, 0.6) is 0 Å². The number of nitrogens with one attached hydrogen (secondary N) is 1. The van der Waals surface area contributed by atoms with Crippen molar-refractivity contribution in [2.45, 2.75) is 0 Å². The van der Waals surface area contributed by atoms with E-state index >= 15 is 0 Å². The predicted octanol–water partition coefficient (Wildman–Crippen LogP) is -0.126. The van der Waals surface area contributed by atoms with Crippen molar-refractivity contribution in [3.63, 3.8) is 0 Å². The molecule has 0 atom stereocenters. The Hall–Kier alpha value is -2.84. The highest BCUT2D eigenvalue weighted by Gasteiger charge is 2.12. The molecule has 0 bridgehead atoms. The highest BCUT2D eigenvalue weighted by molar-refractivity contribution is 5.79. The lowest BCUT2D eigenvalue weighted by atomic mass is 10.2. The molecule has 0 amide bonds. The number of fused-ring (bicyclic) bond motifs is 3. The average molecular weight is 232 g/mol. The molecule has 9 heteroatoms. The molecule has 2 aromatic heterocycles. The Labute approximate surface area is 91.8 Å². The molecule has 0 spiro atoms. The summed E-state index contributed by atoms with van der Waals surface area (Å²) in [5.41, 5.74) is 0.259. The number of non-ortho nitro benzene ring substituents is 1. The highest BCUT2D eigenvalue weighted by Crippen LogP contribution is 2.17. The fraction of sp³-hybridized carbons (Fsp3) is 0. The number of nitrogens with zero attached hydrogens (tertiary/aromatic N) is 5. The number of tetrazole rings is 1. The molecular formula is C8H4N6O3. The van der Waals surface area contributed by atoms with Crippen molar-refractivity contribution in [2.75, 3.05) is 0 Å². The van der Waals surface area contributed by atoms with Crippen LogP contribution in [-0.2, 0) is 0 Å². The van der Waals surface area contributed by atoms with Crippen LogP contribution in [0.2, 0.25) is 0 Å². The molecule has 0 fully saturated rings. The third kappa shape index (κ3) is 1.25. The molecule has 3 rings (SSSR count). The zero-order valence-electron chi connectivity index (χ0n) is 8.19. The highest BCUT2D eigenvalue weighted by atomic mass is 16.6. The summed E-state index contributed by atoms with van der Waals surface area (Å²) in [6, 6.07) is 4.04. The molecule has 17 heavy (non-hydrogen) atoms. The van der Waals surface area contributed by atoms with Crippen molar-refractivity contribution >= 4 is 22.4 Å². The Kier molecular flexibility index (Phi) is 1.70. The van der Waals surface area contributed by atoms with Gasteiger partial charge in [-0.05, 0) is 16.5 Å². The van der Waals surface area contributed by atoms with Crippen LogP contribution in [0.15, 0.2) is 23.0 Å². The predicted molar refractivity (Wildman–Crippen MR) is 55.6 cm³/mol. The van der Waals surface area contributed by atoms with E-state index < -0.39 is 10.5 Å². The normalized spacial score (nSPS) is 11.1. The van der Waals surface area contributed by atoms with E-state index in [1.165, 1.54) is 22.7 Å². The summed E-state index contributed by atoms with van der Waals surface area (Å²) in [4.78, 5) is 24.2. The minimum absolute atomic E-state index is 0.00185. The molecule has 9 nitrogen and oxygen atoms in total. The average Bonchev–Trinajstić information content (AvgIpc) is 2.78. The van der Waals surface area contributed by atoms with E-state index in [4.69, 9.17) is 0 Å². The molecule has 0 aliphatic rings. The largest absolute Gasteiger partial charge is 0.317 e. The third-order valence-corrected chi connectivity index (χ3v) is 2.34. The minimum atomic E-state index is -0.527. The second-order valence-corrected chi connectivity index (χ2v) is 3.33. The standard InChI is InChI=1S/C8H4N6O3/c15-8-7-10-11-12-13(7)6-3-4(14(16)17)1-2-5(6)9-8/h1-3H,(H,9,15). The Morgan fingerprint density at radius 3 is 3.00 bits per heavy atom. The van der Waals surface area contributed by atoms with Gasteiger partial charge < -0.3 is 4.98 Å². The summed E-state index contributed by atoms with van der Waals surface area (Å²) >= 11 is 0. The fourth-order valence-electron chi connectivity index (χ4n) is 1.58. The molecule has 1 aromatic carbocycles. The van der Waals surface area contributed by atoms with E-state index in [2.05, 4.69) is 20.5 Å². The fourth-order valence-corrected chi connectivity index (χ4v) is 1.58. The number of benzene rings is 1. The van der Waals surface area contributed by atoms with E-state index in [-0.39, 0.29) is 11.3 Å². The van der Waals surface area contributed by atoms with E-state index in [1.807, 2.05) is 0 Å². The van der Waals surface area contributed by atoms with Crippen LogP contribution in [0.1, 0.15) is 0 Å². The summed E-state index contributed by atoms with van der Waals surface area (Å²) < 4.78 is 1.17. The van der Waals surface area contributed by atoms with Gasteiger partial charge in [-0.25, -0.2) is 0 Å². The van der Waals surface area contributed by atoms with Gasteiger partial charge in [0.25, 0.3) is 11.2 Å². The minimum Gasteiger partial charge on any atom is -0.317 e. The Morgan fingerprint density at radius 1 is 1.41 bits per heavy atom. The molecule has 0 unspecified atom stereocenters. The van der Waals surface area contributed by atoms with Crippen LogP contribution in [-0.4, -0.2) is 29.9 Å². The number of hydrogen-bond donors (Lipinski definition) is 1. The van der Waals surface area contributed by atoms with Gasteiger partial charge in [-0.15, -0.1) is 5.10 Å². The van der Waals surface area contributed by atoms with Gasteiger partial charge in [-0.3, -0.25) is 14.9 Å². The Balaban J connectivity index is 2.53. The molecule has 0 aliphatic heterocycles. The van der Waals surface area contributed by atoms with Gasteiger partial charge in [0.1, 0.15) is 0 Å². The number of nitro groups is 1. The first-order valence-corrected chi connectivity index (χ1v) is 4.55. The summed E-state index contributed by atoms with van der Waals surface area (Å²) in [7, 11) is 0. The van der Waals surface area contributed by atoms with Crippen LogP contribution < -0.4 is 5.56 Å². The van der Waals surface area contributed by atoms with Gasteiger partial charge in [0.15, 0.2) is 0 Å². The number of nitro benzene ring substituents is 1. The van der Waals surface area contributed by atoms with Gasteiger partial charge in [-0.2, -0.15) is 4.52 Å². The van der Waals surface area contributed by atoms with E-state index in [0.29, 0.717) is 11.0 Å². The molecule has 1 N–H and O–H groups in total. The molecular weight excluding hydrogens is 228 g/mol. The van der Waals surface area contributed by atoms with Crippen LogP contribution in [0, 0.1) is 10.1 Å². The molecule has 2 heterocycles. The Morgan fingerprint density at radius 2 is 2.24 bits per heavy atom. The van der Waals surface area contributed by atoms with E-state index in [1.54, 1.807) is 0 Å². The van der Waals surface area contributed by atoms with Crippen molar-refractivity contribution in [1.82, 2.24) is 25.0 Å². The maximum absolute atomic E-state index is 11.5. The van der Waals surface area contributed by atoms with Crippen LogP contribution in [0.25, 0.3) is 16.7 Å². The quantitative estimate of drug-likeness (QED) is 0.461. The molecule has 3 aromatic rings. The van der Waals surface area contributed by atoms with Crippen molar-refractivity contribution in [3.8, 4) is 0 Å². The topological polar surface area (TPSA) is 119 Å².